The summed E-state index contributed by atoms with van der Waals surface area (Å²) < 4.78 is 26.4. The Hall–Kier alpha value is -3.00. The smallest absolute Gasteiger partial charge is 0.336 e. The van der Waals surface area contributed by atoms with Crippen molar-refractivity contribution >= 4 is 11.9 Å². The summed E-state index contributed by atoms with van der Waals surface area (Å²) >= 11 is 0. The Kier molecular flexibility index (Phi) is 6.99. The van der Waals surface area contributed by atoms with Gasteiger partial charge in [0.2, 0.25) is 0 Å². The molecule has 2 aliphatic rings. The monoisotopic (exact) mass is 417 g/mol. The van der Waals surface area contributed by atoms with E-state index in [-0.39, 0.29) is 6.10 Å². The fourth-order valence-electron chi connectivity index (χ4n) is 3.81. The van der Waals surface area contributed by atoms with Crippen molar-refractivity contribution in [3.05, 3.63) is 47.3 Å². The minimum atomic E-state index is -0.676. The molecule has 0 aliphatic carbocycles. The van der Waals surface area contributed by atoms with Crippen molar-refractivity contribution in [1.29, 1.82) is 0 Å². The molecule has 8 nitrogen and oxygen atoms in total. The molecule has 1 aromatic rings. The summed E-state index contributed by atoms with van der Waals surface area (Å²) in [5.74, 6) is -0.691. The zero-order chi connectivity index (χ0) is 21.7. The molecule has 30 heavy (non-hydrogen) atoms. The van der Waals surface area contributed by atoms with Gasteiger partial charge in [-0.05, 0) is 30.5 Å². The first-order valence-corrected chi connectivity index (χ1v) is 9.71. The molecular formula is C22H27NO7. The van der Waals surface area contributed by atoms with Gasteiger partial charge in [-0.1, -0.05) is 6.07 Å². The third kappa shape index (κ3) is 4.43. The largest absolute Gasteiger partial charge is 0.493 e. The molecular weight excluding hydrogens is 390 g/mol. The normalized spacial score (nSPS) is 19.1. The third-order valence-corrected chi connectivity index (χ3v) is 5.25. The number of methoxy groups -OCH3 is 4. The summed E-state index contributed by atoms with van der Waals surface area (Å²) in [6.07, 6.45) is 5.38. The summed E-state index contributed by atoms with van der Waals surface area (Å²) in [6.45, 7) is 1.24. The first-order valence-electron chi connectivity index (χ1n) is 9.71. The van der Waals surface area contributed by atoms with Crippen LogP contribution in [0.3, 0.4) is 0 Å². The highest BCUT2D eigenvalue weighted by Crippen LogP contribution is 2.40. The maximum atomic E-state index is 12.7. The zero-order valence-electron chi connectivity index (χ0n) is 17.7. The maximum Gasteiger partial charge on any atom is 0.336 e. The highest BCUT2D eigenvalue weighted by atomic mass is 16.5. The van der Waals surface area contributed by atoms with Crippen LogP contribution in [-0.4, -0.2) is 64.5 Å². The Morgan fingerprint density at radius 1 is 1.00 bits per heavy atom. The fourth-order valence-corrected chi connectivity index (χ4v) is 3.81. The van der Waals surface area contributed by atoms with Crippen molar-refractivity contribution in [1.82, 2.24) is 4.90 Å². The standard InChI is InChI=1S/C22H27NO7/c1-26-18-8-7-14(10-19(18)27-2)20-16(21(24)28-3)12-23(11-15-6-5-9-30-15)13-17(20)22(25)29-4/h7-8,10,12-13,15,20H,5-6,9,11H2,1-4H3/t15-/m1/s1. The van der Waals surface area contributed by atoms with Crippen molar-refractivity contribution in [2.75, 3.05) is 41.6 Å². The van der Waals surface area contributed by atoms with Crippen LogP contribution in [0.15, 0.2) is 41.7 Å². The summed E-state index contributed by atoms with van der Waals surface area (Å²) in [6, 6.07) is 5.26. The first kappa shape index (κ1) is 21.7. The van der Waals surface area contributed by atoms with E-state index in [2.05, 4.69) is 0 Å². The summed E-state index contributed by atoms with van der Waals surface area (Å²) in [5.41, 5.74) is 1.33. The average molecular weight is 417 g/mol. The van der Waals surface area contributed by atoms with Gasteiger partial charge < -0.3 is 28.6 Å². The maximum absolute atomic E-state index is 12.7. The third-order valence-electron chi connectivity index (χ3n) is 5.25. The second kappa shape index (κ2) is 9.67. The van der Waals surface area contributed by atoms with Gasteiger partial charge >= 0.3 is 11.9 Å². The first-order chi connectivity index (χ1) is 14.5. The van der Waals surface area contributed by atoms with Crippen LogP contribution < -0.4 is 9.47 Å². The summed E-state index contributed by atoms with van der Waals surface area (Å²) in [5, 5.41) is 0. The SMILES string of the molecule is COC(=O)C1=CN(C[C@H]2CCCO2)C=C(C(=O)OC)C1c1ccc(OC)c(OC)c1. The van der Waals surface area contributed by atoms with Gasteiger partial charge in [0.05, 0.1) is 51.6 Å². The van der Waals surface area contributed by atoms with Crippen molar-refractivity contribution in [2.24, 2.45) is 0 Å². The van der Waals surface area contributed by atoms with E-state index >= 15 is 0 Å². The minimum absolute atomic E-state index is 0.0351. The predicted octanol–water partition coefficient (Wildman–Crippen LogP) is 2.40. The Labute approximate surface area is 176 Å². The molecule has 0 bridgehead atoms. The van der Waals surface area contributed by atoms with Crippen molar-refractivity contribution in [3.63, 3.8) is 0 Å². The lowest BCUT2D eigenvalue weighted by Gasteiger charge is -2.31. The van der Waals surface area contributed by atoms with E-state index in [1.54, 1.807) is 42.6 Å². The van der Waals surface area contributed by atoms with E-state index in [0.717, 1.165) is 12.8 Å². The number of rotatable bonds is 7. The van der Waals surface area contributed by atoms with Crippen LogP contribution in [0.4, 0.5) is 0 Å². The van der Waals surface area contributed by atoms with Gasteiger partial charge in [0.1, 0.15) is 0 Å². The fraction of sp³-hybridized carbons (Fsp3) is 0.455. The van der Waals surface area contributed by atoms with E-state index in [1.807, 2.05) is 0 Å². The molecule has 8 heteroatoms. The molecule has 2 aliphatic heterocycles. The number of hydrogen-bond donors (Lipinski definition) is 0. The van der Waals surface area contributed by atoms with Crippen LogP contribution in [0.5, 0.6) is 11.5 Å². The number of benzene rings is 1. The molecule has 0 N–H and O–H groups in total. The van der Waals surface area contributed by atoms with Crippen LogP contribution in [0.2, 0.25) is 0 Å². The van der Waals surface area contributed by atoms with Gasteiger partial charge in [0.15, 0.2) is 11.5 Å². The van der Waals surface area contributed by atoms with E-state index < -0.39 is 17.9 Å². The highest BCUT2D eigenvalue weighted by molar-refractivity contribution is 5.98. The van der Waals surface area contributed by atoms with Crippen LogP contribution in [0, 0.1) is 0 Å². The Morgan fingerprint density at radius 3 is 2.13 bits per heavy atom. The van der Waals surface area contributed by atoms with Crippen molar-refractivity contribution in [2.45, 2.75) is 24.9 Å². The molecule has 0 unspecified atom stereocenters. The van der Waals surface area contributed by atoms with Gasteiger partial charge in [0, 0.05) is 25.6 Å². The predicted molar refractivity (Wildman–Crippen MR) is 108 cm³/mol. The Morgan fingerprint density at radius 2 is 1.63 bits per heavy atom. The summed E-state index contributed by atoms with van der Waals surface area (Å²) in [7, 11) is 5.70. The van der Waals surface area contributed by atoms with Crippen LogP contribution in [-0.2, 0) is 23.8 Å². The lowest BCUT2D eigenvalue weighted by molar-refractivity contribution is -0.137. The molecule has 1 atom stereocenters. The lowest BCUT2D eigenvalue weighted by Crippen LogP contribution is -2.32. The van der Waals surface area contributed by atoms with Crippen molar-refractivity contribution in [3.8, 4) is 11.5 Å². The number of ether oxygens (including phenoxy) is 5. The van der Waals surface area contributed by atoms with Gasteiger partial charge in [0.25, 0.3) is 0 Å². The molecule has 0 radical (unpaired) electrons. The quantitative estimate of drug-likeness (QED) is 0.626. The van der Waals surface area contributed by atoms with E-state index in [0.29, 0.717) is 41.4 Å². The average Bonchev–Trinajstić information content (AvgIpc) is 3.29. The number of carbonyl (C=O) groups excluding carboxylic acids is 2. The second-order valence-electron chi connectivity index (χ2n) is 7.03. The number of esters is 2. The molecule has 2 heterocycles. The molecule has 1 saturated heterocycles. The minimum Gasteiger partial charge on any atom is -0.493 e. The molecule has 1 aromatic carbocycles. The summed E-state index contributed by atoms with van der Waals surface area (Å²) in [4.78, 5) is 27.2. The van der Waals surface area contributed by atoms with E-state index in [4.69, 9.17) is 23.7 Å². The second-order valence-corrected chi connectivity index (χ2v) is 7.03. The lowest BCUT2D eigenvalue weighted by atomic mass is 9.83. The van der Waals surface area contributed by atoms with E-state index in [9.17, 15) is 9.59 Å². The molecule has 0 spiro atoms. The molecule has 0 saturated carbocycles. The van der Waals surface area contributed by atoms with Crippen LogP contribution >= 0.6 is 0 Å². The molecule has 0 amide bonds. The Balaban J connectivity index is 2.06. The Bertz CT molecular complexity index is 821. The molecule has 0 aromatic heterocycles. The number of hydrogen-bond acceptors (Lipinski definition) is 8. The molecule has 1 fully saturated rings. The van der Waals surface area contributed by atoms with Crippen LogP contribution in [0.25, 0.3) is 0 Å². The highest BCUT2D eigenvalue weighted by Gasteiger charge is 2.36. The zero-order valence-corrected chi connectivity index (χ0v) is 17.7. The number of carbonyl (C=O) groups is 2. The molecule has 162 valence electrons. The van der Waals surface area contributed by atoms with Gasteiger partial charge in [-0.15, -0.1) is 0 Å². The van der Waals surface area contributed by atoms with Gasteiger partial charge in [-0.2, -0.15) is 0 Å². The van der Waals surface area contributed by atoms with Gasteiger partial charge in [-0.3, -0.25) is 0 Å². The van der Waals surface area contributed by atoms with Crippen molar-refractivity contribution < 1.29 is 33.3 Å². The molecule has 3 rings (SSSR count). The number of nitrogens with zero attached hydrogens (tertiary/aromatic N) is 1. The van der Waals surface area contributed by atoms with Crippen LogP contribution in [0.1, 0.15) is 24.3 Å². The van der Waals surface area contributed by atoms with Gasteiger partial charge in [-0.25, -0.2) is 9.59 Å². The van der Waals surface area contributed by atoms with E-state index in [1.165, 1.54) is 21.3 Å². The topological polar surface area (TPSA) is 83.5 Å².